The molecule has 144 valence electrons. The Morgan fingerprint density at radius 1 is 1.11 bits per heavy atom. The van der Waals surface area contributed by atoms with E-state index in [0.29, 0.717) is 19.6 Å². The maximum absolute atomic E-state index is 13.8. The number of hydrogen-bond acceptors (Lipinski definition) is 3. The van der Waals surface area contributed by atoms with Crippen LogP contribution in [0.5, 0.6) is 5.75 Å². The Morgan fingerprint density at radius 2 is 1.93 bits per heavy atom. The lowest BCUT2D eigenvalue weighted by Gasteiger charge is -2.21. The Balaban J connectivity index is 1.43. The van der Waals surface area contributed by atoms with Gasteiger partial charge < -0.3 is 20.1 Å². The van der Waals surface area contributed by atoms with Crippen LogP contribution in [0.4, 0.5) is 4.39 Å². The van der Waals surface area contributed by atoms with Crippen LogP contribution in [0, 0.1) is 5.82 Å². The molecule has 0 aromatic heterocycles. The largest absolute Gasteiger partial charge is 0.467 e. The maximum atomic E-state index is 13.8. The minimum Gasteiger partial charge on any atom is -0.467 e. The topological polar surface area (TPSA) is 54.9 Å². The monoisotopic (exact) mass is 371 g/mol. The lowest BCUT2D eigenvalue weighted by atomic mass is 10.1. The van der Waals surface area contributed by atoms with Gasteiger partial charge in [0.1, 0.15) is 11.6 Å². The fourth-order valence-corrected chi connectivity index (χ4v) is 3.12. The summed E-state index contributed by atoms with van der Waals surface area (Å²) in [6.45, 7) is 2.07. The van der Waals surface area contributed by atoms with Gasteiger partial charge in [-0.3, -0.25) is 4.99 Å². The van der Waals surface area contributed by atoms with Crippen LogP contribution in [-0.2, 0) is 24.2 Å². The fourth-order valence-electron chi connectivity index (χ4n) is 3.12. The van der Waals surface area contributed by atoms with Gasteiger partial charge in [-0.25, -0.2) is 4.39 Å². The summed E-state index contributed by atoms with van der Waals surface area (Å²) >= 11 is 0. The molecule has 0 aliphatic carbocycles. The number of benzene rings is 2. The van der Waals surface area contributed by atoms with E-state index in [1.54, 1.807) is 7.05 Å². The number of hydrogen-bond donors (Lipinski definition) is 2. The van der Waals surface area contributed by atoms with Crippen molar-refractivity contribution in [2.75, 3.05) is 26.9 Å². The van der Waals surface area contributed by atoms with Gasteiger partial charge in [-0.1, -0.05) is 30.3 Å². The Bertz CT molecular complexity index is 766. The highest BCUT2D eigenvalue weighted by molar-refractivity contribution is 5.79. The Morgan fingerprint density at radius 3 is 2.74 bits per heavy atom. The number of aliphatic imine (C=N–C) groups is 1. The molecule has 2 aromatic carbocycles. The number of ether oxygens (including phenoxy) is 2. The van der Waals surface area contributed by atoms with Gasteiger partial charge in [-0.15, -0.1) is 0 Å². The fraction of sp³-hybridized carbons (Fsp3) is 0.381. The predicted octanol–water partition coefficient (Wildman–Crippen LogP) is 3.03. The average Bonchev–Trinajstić information content (AvgIpc) is 2.70. The number of aryl methyl sites for hydroxylation is 1. The van der Waals surface area contributed by atoms with Gasteiger partial charge in [-0.05, 0) is 42.5 Å². The molecule has 1 heterocycles. The predicted molar refractivity (Wildman–Crippen MR) is 105 cm³/mol. The highest BCUT2D eigenvalue weighted by Crippen LogP contribution is 2.29. The van der Waals surface area contributed by atoms with E-state index < -0.39 is 0 Å². The second-order valence-corrected chi connectivity index (χ2v) is 6.43. The summed E-state index contributed by atoms with van der Waals surface area (Å²) in [5.41, 5.74) is 2.95. The molecule has 0 amide bonds. The molecule has 1 aliphatic heterocycles. The highest BCUT2D eigenvalue weighted by atomic mass is 19.1. The summed E-state index contributed by atoms with van der Waals surface area (Å²) in [6, 6.07) is 13.4. The van der Waals surface area contributed by atoms with Crippen LogP contribution in [0.2, 0.25) is 0 Å². The van der Waals surface area contributed by atoms with Crippen molar-refractivity contribution in [1.29, 1.82) is 0 Å². The average molecular weight is 371 g/mol. The first-order chi connectivity index (χ1) is 13.3. The first kappa shape index (κ1) is 19.2. The van der Waals surface area contributed by atoms with E-state index in [0.717, 1.165) is 42.2 Å². The van der Waals surface area contributed by atoms with E-state index in [1.165, 1.54) is 17.7 Å². The summed E-state index contributed by atoms with van der Waals surface area (Å²) in [4.78, 5) is 4.24. The molecule has 1 aliphatic rings. The minimum atomic E-state index is -0.263. The van der Waals surface area contributed by atoms with Crippen molar-refractivity contribution in [3.63, 3.8) is 0 Å². The van der Waals surface area contributed by atoms with E-state index in [4.69, 9.17) is 9.47 Å². The van der Waals surface area contributed by atoms with Gasteiger partial charge in [-0.2, -0.15) is 0 Å². The third-order valence-corrected chi connectivity index (χ3v) is 4.44. The quantitative estimate of drug-likeness (QED) is 0.446. The molecule has 0 saturated carbocycles. The second kappa shape index (κ2) is 9.92. The third kappa shape index (κ3) is 5.69. The molecule has 0 radical (unpaired) electrons. The number of guanidine groups is 1. The Hall–Kier alpha value is -2.60. The normalized spacial score (nSPS) is 13.6. The van der Waals surface area contributed by atoms with E-state index >= 15 is 0 Å². The van der Waals surface area contributed by atoms with Crippen molar-refractivity contribution in [2.45, 2.75) is 25.9 Å². The van der Waals surface area contributed by atoms with E-state index in [-0.39, 0.29) is 12.6 Å². The zero-order chi connectivity index (χ0) is 18.9. The summed E-state index contributed by atoms with van der Waals surface area (Å²) in [5.74, 6) is 1.23. The number of rotatable bonds is 7. The highest BCUT2D eigenvalue weighted by Gasteiger charge is 2.16. The summed E-state index contributed by atoms with van der Waals surface area (Å²) in [6.07, 6.45) is 2.69. The molecule has 0 atom stereocenters. The van der Waals surface area contributed by atoms with Crippen molar-refractivity contribution >= 4 is 5.96 Å². The molecule has 5 nitrogen and oxygen atoms in total. The van der Waals surface area contributed by atoms with Crippen LogP contribution >= 0.6 is 0 Å². The zero-order valence-electron chi connectivity index (χ0n) is 15.6. The summed E-state index contributed by atoms with van der Waals surface area (Å²) < 4.78 is 24.6. The number of nitrogens with one attached hydrogen (secondary N) is 2. The molecule has 3 rings (SSSR count). The van der Waals surface area contributed by atoms with Gasteiger partial charge in [0.2, 0.25) is 0 Å². The van der Waals surface area contributed by atoms with Crippen molar-refractivity contribution in [1.82, 2.24) is 10.6 Å². The van der Waals surface area contributed by atoms with Gasteiger partial charge in [0, 0.05) is 25.7 Å². The minimum absolute atomic E-state index is 0.212. The lowest BCUT2D eigenvalue weighted by molar-refractivity contribution is -0.0172. The molecule has 6 heteroatoms. The maximum Gasteiger partial charge on any atom is 0.190 e. The van der Waals surface area contributed by atoms with Crippen LogP contribution in [0.25, 0.3) is 0 Å². The van der Waals surface area contributed by atoms with Crippen LogP contribution in [0.3, 0.4) is 0 Å². The van der Waals surface area contributed by atoms with Crippen molar-refractivity contribution in [3.05, 3.63) is 65.0 Å². The molecule has 27 heavy (non-hydrogen) atoms. The van der Waals surface area contributed by atoms with Crippen molar-refractivity contribution in [2.24, 2.45) is 4.99 Å². The molecule has 0 spiro atoms. The number of halogens is 1. The Kier molecular flexibility index (Phi) is 7.04. The summed E-state index contributed by atoms with van der Waals surface area (Å²) in [7, 11) is 1.75. The smallest absolute Gasteiger partial charge is 0.190 e. The standard InChI is InChI=1S/C21H26FN3O2/c1-23-21(24-10-5-8-16-6-3-2-4-7-16)25-11-9-17-12-19(22)13-18-14-26-15-27-20(17)18/h2-4,6-7,12-13H,5,8-11,14-15H2,1H3,(H2,23,24,25). The lowest BCUT2D eigenvalue weighted by Crippen LogP contribution is -2.38. The first-order valence-corrected chi connectivity index (χ1v) is 9.26. The van der Waals surface area contributed by atoms with Crippen molar-refractivity contribution < 1.29 is 13.9 Å². The second-order valence-electron chi connectivity index (χ2n) is 6.43. The van der Waals surface area contributed by atoms with Gasteiger partial charge in [0.15, 0.2) is 12.8 Å². The summed E-state index contributed by atoms with van der Waals surface area (Å²) in [5, 5.41) is 6.59. The molecule has 0 unspecified atom stereocenters. The number of fused-ring (bicyclic) bond motifs is 1. The molecule has 0 fully saturated rings. The molecular formula is C21H26FN3O2. The SMILES string of the molecule is CN=C(NCCCc1ccccc1)NCCc1cc(F)cc2c1OCOC2. The first-order valence-electron chi connectivity index (χ1n) is 9.26. The van der Waals surface area contributed by atoms with Gasteiger partial charge in [0.25, 0.3) is 0 Å². The van der Waals surface area contributed by atoms with Gasteiger partial charge >= 0.3 is 0 Å². The molecule has 2 N–H and O–H groups in total. The zero-order valence-corrected chi connectivity index (χ0v) is 15.6. The van der Waals surface area contributed by atoms with Crippen LogP contribution in [0.1, 0.15) is 23.1 Å². The molecule has 0 saturated heterocycles. The third-order valence-electron chi connectivity index (χ3n) is 4.44. The number of nitrogens with zero attached hydrogens (tertiary/aromatic N) is 1. The van der Waals surface area contributed by atoms with Crippen LogP contribution in [0.15, 0.2) is 47.5 Å². The molecule has 2 aromatic rings. The van der Waals surface area contributed by atoms with Crippen molar-refractivity contribution in [3.8, 4) is 5.75 Å². The van der Waals surface area contributed by atoms with E-state index in [9.17, 15) is 4.39 Å². The Labute approximate surface area is 159 Å². The van der Waals surface area contributed by atoms with E-state index in [2.05, 4.69) is 39.9 Å². The molecular weight excluding hydrogens is 345 g/mol. The van der Waals surface area contributed by atoms with E-state index in [1.807, 2.05) is 6.07 Å². The van der Waals surface area contributed by atoms with Crippen LogP contribution < -0.4 is 15.4 Å². The van der Waals surface area contributed by atoms with Crippen LogP contribution in [-0.4, -0.2) is 32.9 Å². The van der Waals surface area contributed by atoms with Gasteiger partial charge in [0.05, 0.1) is 6.61 Å². The molecule has 0 bridgehead atoms.